The molecule has 0 aliphatic carbocycles. The number of hydrogen-bond donors (Lipinski definition) is 2. The maximum absolute atomic E-state index is 13.6. The Balaban J connectivity index is 1.37. The number of anilines is 1. The molecule has 2 aromatic carbocycles. The number of aromatic nitrogens is 2. The van der Waals surface area contributed by atoms with Crippen molar-refractivity contribution in [2.75, 3.05) is 25.5 Å². The molecule has 0 bridgehead atoms. The Morgan fingerprint density at radius 1 is 1.02 bits per heavy atom. The van der Waals surface area contributed by atoms with Gasteiger partial charge < -0.3 is 10.0 Å². The van der Waals surface area contributed by atoms with Gasteiger partial charge in [0.1, 0.15) is 5.56 Å². The average molecular weight is 557 g/mol. The van der Waals surface area contributed by atoms with E-state index in [0.717, 1.165) is 32.0 Å². The molecule has 1 atom stereocenters. The predicted molar refractivity (Wildman–Crippen MR) is 150 cm³/mol. The molecule has 1 spiro atoms. The molecule has 0 saturated carbocycles. The molecule has 4 amide bonds. The molecule has 2 N–H and O–H groups in total. The Morgan fingerprint density at radius 2 is 1.73 bits per heavy atom. The zero-order chi connectivity index (χ0) is 29.1. The number of nitrogens with zero attached hydrogens (tertiary/aromatic N) is 5. The Bertz CT molecular complexity index is 1720. The number of aromatic amines is 1. The summed E-state index contributed by atoms with van der Waals surface area (Å²) >= 11 is 0. The minimum Gasteiger partial charge on any atom is -0.494 e. The number of urea groups is 1. The van der Waals surface area contributed by atoms with Crippen molar-refractivity contribution in [3.8, 4) is 5.88 Å². The maximum Gasteiger partial charge on any atom is 0.332 e. The van der Waals surface area contributed by atoms with E-state index in [-0.39, 0.29) is 24.6 Å². The van der Waals surface area contributed by atoms with Crippen LogP contribution in [0, 0.1) is 5.41 Å². The molecule has 4 heterocycles. The molecule has 0 unspecified atom stereocenters. The van der Waals surface area contributed by atoms with Gasteiger partial charge in [-0.25, -0.2) is 9.59 Å². The molecule has 3 aliphatic heterocycles. The van der Waals surface area contributed by atoms with Crippen LogP contribution < -0.4 is 16.1 Å². The molecule has 0 radical (unpaired) electrons. The monoisotopic (exact) mass is 556 g/mol. The number of imide groups is 2. The van der Waals surface area contributed by atoms with Gasteiger partial charge in [-0.2, -0.15) is 0 Å². The lowest BCUT2D eigenvalue weighted by Crippen LogP contribution is -2.70. The SMILES string of the molecule is CN1C(=O)N(C)C(=O)C2(Cc3cc(N=Cc4c(O)n(Cc5ccccc5)c(=O)[nH]c4=O)ccc3N3CCC[C@H]32)C1=O. The van der Waals surface area contributed by atoms with Crippen molar-refractivity contribution in [1.29, 1.82) is 0 Å². The molecule has 1 aromatic heterocycles. The van der Waals surface area contributed by atoms with Crippen molar-refractivity contribution >= 4 is 35.4 Å². The highest BCUT2D eigenvalue weighted by molar-refractivity contribution is 6.20. The van der Waals surface area contributed by atoms with Crippen molar-refractivity contribution in [3.63, 3.8) is 0 Å². The lowest BCUT2D eigenvalue weighted by Gasteiger charge is -2.50. The number of rotatable bonds is 4. The zero-order valence-corrected chi connectivity index (χ0v) is 22.5. The summed E-state index contributed by atoms with van der Waals surface area (Å²) in [6, 6.07) is 13.4. The summed E-state index contributed by atoms with van der Waals surface area (Å²) in [6.45, 7) is 0.713. The topological polar surface area (TPSA) is 148 Å². The van der Waals surface area contributed by atoms with E-state index in [1.165, 1.54) is 20.3 Å². The number of hydrogen-bond acceptors (Lipinski definition) is 8. The Kier molecular flexibility index (Phi) is 6.13. The van der Waals surface area contributed by atoms with Crippen molar-refractivity contribution in [3.05, 3.63) is 86.1 Å². The number of nitrogens with one attached hydrogen (secondary N) is 1. The van der Waals surface area contributed by atoms with Crippen molar-refractivity contribution in [2.24, 2.45) is 10.4 Å². The van der Waals surface area contributed by atoms with Gasteiger partial charge in [-0.15, -0.1) is 0 Å². The van der Waals surface area contributed by atoms with Crippen molar-refractivity contribution in [1.82, 2.24) is 19.4 Å². The van der Waals surface area contributed by atoms with Gasteiger partial charge in [0.25, 0.3) is 5.56 Å². The molecule has 2 fully saturated rings. The molecular formula is C29H28N6O6. The molecule has 2 saturated heterocycles. The number of benzene rings is 2. The first-order valence-corrected chi connectivity index (χ1v) is 13.3. The van der Waals surface area contributed by atoms with E-state index in [2.05, 4.69) is 14.9 Å². The second kappa shape index (κ2) is 9.58. The summed E-state index contributed by atoms with van der Waals surface area (Å²) in [5.74, 6) is -1.55. The van der Waals surface area contributed by atoms with Gasteiger partial charge in [-0.3, -0.25) is 38.7 Å². The second-order valence-corrected chi connectivity index (χ2v) is 10.6. The molecule has 6 rings (SSSR count). The van der Waals surface area contributed by atoms with Crippen LogP contribution in [0.2, 0.25) is 0 Å². The number of carbonyl (C=O) groups excluding carboxylic acids is 3. The van der Waals surface area contributed by atoms with Crippen LogP contribution in [0.1, 0.15) is 29.5 Å². The number of H-pyrrole nitrogens is 1. The van der Waals surface area contributed by atoms with E-state index < -0.39 is 40.4 Å². The number of carbonyl (C=O) groups is 3. The van der Waals surface area contributed by atoms with Crippen molar-refractivity contribution in [2.45, 2.75) is 31.8 Å². The fourth-order valence-electron chi connectivity index (χ4n) is 6.33. The summed E-state index contributed by atoms with van der Waals surface area (Å²) in [4.78, 5) is 75.4. The third-order valence-electron chi connectivity index (χ3n) is 8.34. The predicted octanol–water partition coefficient (Wildman–Crippen LogP) is 1.60. The Morgan fingerprint density at radius 3 is 2.44 bits per heavy atom. The van der Waals surface area contributed by atoms with Crippen LogP contribution in [-0.4, -0.2) is 75.2 Å². The molecular weight excluding hydrogens is 528 g/mol. The highest BCUT2D eigenvalue weighted by Gasteiger charge is 2.63. The van der Waals surface area contributed by atoms with Crippen LogP contribution in [0.5, 0.6) is 5.88 Å². The normalized spacial score (nSPS) is 19.8. The Hall–Kier alpha value is -5.00. The minimum atomic E-state index is -1.44. The first kappa shape index (κ1) is 26.2. The Labute approximate surface area is 234 Å². The summed E-state index contributed by atoms with van der Waals surface area (Å²) in [5, 5.41) is 10.8. The van der Waals surface area contributed by atoms with Crippen LogP contribution in [0.4, 0.5) is 16.2 Å². The third kappa shape index (κ3) is 3.97. The molecule has 210 valence electrons. The van der Waals surface area contributed by atoms with E-state index in [0.29, 0.717) is 24.2 Å². The molecule has 3 aromatic rings. The van der Waals surface area contributed by atoms with E-state index in [1.807, 2.05) is 12.1 Å². The van der Waals surface area contributed by atoms with Gasteiger partial charge in [0.2, 0.25) is 17.7 Å². The fraction of sp³-hybridized carbons (Fsp3) is 0.310. The zero-order valence-electron chi connectivity index (χ0n) is 22.5. The minimum absolute atomic E-state index is 0.0501. The molecule has 12 nitrogen and oxygen atoms in total. The second-order valence-electron chi connectivity index (χ2n) is 10.6. The standard InChI is InChI=1S/C29H28N6O6/c1-32-25(38)29(26(39)33(2)28(32)41)14-18-13-19(10-11-21(18)34-12-6-9-22(29)34)30-15-20-23(36)31-27(40)35(24(20)37)16-17-7-4-3-5-8-17/h3-5,7-8,10-11,13,15,22,37H,6,9,12,14,16H2,1-2H3,(H,31,36,40)/t22-/m0/s1. The fourth-order valence-corrected chi connectivity index (χ4v) is 6.33. The first-order chi connectivity index (χ1) is 19.6. The van der Waals surface area contributed by atoms with Crippen LogP contribution in [0.25, 0.3) is 0 Å². The van der Waals surface area contributed by atoms with Gasteiger partial charge in [0, 0.05) is 32.5 Å². The van der Waals surface area contributed by atoms with Gasteiger partial charge >= 0.3 is 11.7 Å². The lowest BCUT2D eigenvalue weighted by atomic mass is 9.68. The van der Waals surface area contributed by atoms with E-state index in [9.17, 15) is 29.1 Å². The van der Waals surface area contributed by atoms with E-state index >= 15 is 0 Å². The highest BCUT2D eigenvalue weighted by atomic mass is 16.3. The third-order valence-corrected chi connectivity index (χ3v) is 8.34. The maximum atomic E-state index is 13.6. The quantitative estimate of drug-likeness (QED) is 0.366. The number of barbiturate groups is 1. The van der Waals surface area contributed by atoms with Crippen LogP contribution in [-0.2, 0) is 22.6 Å². The first-order valence-electron chi connectivity index (χ1n) is 13.3. The lowest BCUT2D eigenvalue weighted by molar-refractivity contribution is -0.159. The molecule has 12 heteroatoms. The van der Waals surface area contributed by atoms with Gasteiger partial charge in [-0.1, -0.05) is 30.3 Å². The largest absolute Gasteiger partial charge is 0.494 e. The van der Waals surface area contributed by atoms with Gasteiger partial charge in [0.05, 0.1) is 18.3 Å². The summed E-state index contributed by atoms with van der Waals surface area (Å²) in [7, 11) is 2.79. The number of aromatic hydroxyl groups is 1. The van der Waals surface area contributed by atoms with E-state index in [4.69, 9.17) is 0 Å². The summed E-state index contributed by atoms with van der Waals surface area (Å²) in [5.41, 5.74) is -0.382. The average Bonchev–Trinajstić information content (AvgIpc) is 3.47. The smallest absolute Gasteiger partial charge is 0.332 e. The van der Waals surface area contributed by atoms with Gasteiger partial charge in [0.15, 0.2) is 5.41 Å². The van der Waals surface area contributed by atoms with Crippen LogP contribution in [0.3, 0.4) is 0 Å². The van der Waals surface area contributed by atoms with Crippen molar-refractivity contribution < 1.29 is 19.5 Å². The number of fused-ring (bicyclic) bond motifs is 4. The number of aliphatic imine (C=N–C) groups is 1. The van der Waals surface area contributed by atoms with Crippen LogP contribution in [0.15, 0.2) is 63.1 Å². The van der Waals surface area contributed by atoms with E-state index in [1.54, 1.807) is 36.4 Å². The summed E-state index contributed by atoms with van der Waals surface area (Å²) < 4.78 is 1.05. The molecule has 3 aliphatic rings. The summed E-state index contributed by atoms with van der Waals surface area (Å²) in [6.07, 6.45) is 2.73. The van der Waals surface area contributed by atoms with Crippen LogP contribution >= 0.6 is 0 Å². The number of amides is 4. The highest BCUT2D eigenvalue weighted by Crippen LogP contribution is 2.49. The van der Waals surface area contributed by atoms with Gasteiger partial charge in [-0.05, 0) is 48.6 Å². The molecule has 41 heavy (non-hydrogen) atoms.